The fourth-order valence-electron chi connectivity index (χ4n) is 2.81. The average molecular weight is 275 g/mol. The lowest BCUT2D eigenvalue weighted by Gasteiger charge is -2.17. The van der Waals surface area contributed by atoms with Gasteiger partial charge in [0, 0.05) is 25.0 Å². The zero-order valence-corrected chi connectivity index (χ0v) is 12.5. The highest BCUT2D eigenvalue weighted by Crippen LogP contribution is 2.23. The largest absolute Gasteiger partial charge is 0.385 e. The van der Waals surface area contributed by atoms with E-state index in [0.717, 1.165) is 31.0 Å². The highest BCUT2D eigenvalue weighted by Gasteiger charge is 2.19. The van der Waals surface area contributed by atoms with Crippen molar-refractivity contribution < 1.29 is 4.79 Å². The number of aromatic nitrogens is 1. The fourth-order valence-corrected chi connectivity index (χ4v) is 2.81. The fraction of sp³-hybridized carbons (Fsp3) is 0.625. The van der Waals surface area contributed by atoms with E-state index in [2.05, 4.69) is 22.5 Å². The summed E-state index contributed by atoms with van der Waals surface area (Å²) >= 11 is 0. The molecule has 2 unspecified atom stereocenters. The van der Waals surface area contributed by atoms with Crippen LogP contribution in [0, 0.1) is 5.92 Å². The normalized spacial score (nSPS) is 22.9. The number of hydrogen-bond donors (Lipinski definition) is 2. The van der Waals surface area contributed by atoms with Crippen molar-refractivity contribution in [2.24, 2.45) is 5.92 Å². The van der Waals surface area contributed by atoms with Crippen molar-refractivity contribution >= 4 is 11.6 Å². The maximum absolute atomic E-state index is 12.4. The van der Waals surface area contributed by atoms with Crippen LogP contribution in [0.1, 0.15) is 56.3 Å². The van der Waals surface area contributed by atoms with Crippen molar-refractivity contribution in [1.82, 2.24) is 10.3 Å². The summed E-state index contributed by atoms with van der Waals surface area (Å²) in [6.07, 6.45) is 9.23. The van der Waals surface area contributed by atoms with Gasteiger partial charge in [-0.25, -0.2) is 0 Å². The topological polar surface area (TPSA) is 54.0 Å². The Labute approximate surface area is 121 Å². The van der Waals surface area contributed by atoms with Crippen LogP contribution in [0.4, 0.5) is 5.69 Å². The van der Waals surface area contributed by atoms with Crippen molar-refractivity contribution in [3.63, 3.8) is 0 Å². The first-order chi connectivity index (χ1) is 9.70. The predicted octanol–water partition coefficient (Wildman–Crippen LogP) is 3.21. The van der Waals surface area contributed by atoms with E-state index in [1.165, 1.54) is 19.3 Å². The van der Waals surface area contributed by atoms with Gasteiger partial charge in [-0.1, -0.05) is 19.8 Å². The Bertz CT molecular complexity index is 447. The Kier molecular flexibility index (Phi) is 5.39. The number of pyridine rings is 1. The van der Waals surface area contributed by atoms with E-state index in [0.29, 0.717) is 11.6 Å². The molecule has 4 nitrogen and oxygen atoms in total. The van der Waals surface area contributed by atoms with Crippen molar-refractivity contribution in [2.75, 3.05) is 11.9 Å². The number of amides is 1. The first kappa shape index (κ1) is 14.8. The molecule has 1 amide bonds. The van der Waals surface area contributed by atoms with Crippen molar-refractivity contribution in [2.45, 2.75) is 52.0 Å². The predicted molar refractivity (Wildman–Crippen MR) is 81.9 cm³/mol. The molecule has 1 fully saturated rings. The first-order valence-corrected chi connectivity index (χ1v) is 7.69. The maximum Gasteiger partial charge on any atom is 0.255 e. The lowest BCUT2D eigenvalue weighted by atomic mass is 10.0. The van der Waals surface area contributed by atoms with Gasteiger partial charge < -0.3 is 10.6 Å². The second-order valence-corrected chi connectivity index (χ2v) is 5.74. The molecule has 0 bridgehead atoms. The molecule has 0 radical (unpaired) electrons. The molecule has 2 atom stereocenters. The standard InChI is InChI=1S/C16H25N3O/c1-3-18-15-9-10-17-11-14(15)16(20)19-13-6-4-5-12(2)7-8-13/h9-13H,3-8H2,1-2H3,(H,17,18)(H,19,20). The summed E-state index contributed by atoms with van der Waals surface area (Å²) in [5, 5.41) is 6.39. The van der Waals surface area contributed by atoms with Gasteiger partial charge in [-0.2, -0.15) is 0 Å². The van der Waals surface area contributed by atoms with Crippen LogP contribution in [-0.4, -0.2) is 23.5 Å². The lowest BCUT2D eigenvalue weighted by molar-refractivity contribution is 0.0933. The summed E-state index contributed by atoms with van der Waals surface area (Å²) in [6, 6.07) is 2.16. The molecule has 1 aromatic heterocycles. The molecule has 1 heterocycles. The minimum Gasteiger partial charge on any atom is -0.385 e. The van der Waals surface area contributed by atoms with E-state index >= 15 is 0 Å². The summed E-state index contributed by atoms with van der Waals surface area (Å²) in [4.78, 5) is 16.5. The van der Waals surface area contributed by atoms with Crippen molar-refractivity contribution in [3.8, 4) is 0 Å². The van der Waals surface area contributed by atoms with E-state index in [1.807, 2.05) is 13.0 Å². The van der Waals surface area contributed by atoms with Gasteiger partial charge in [0.1, 0.15) is 0 Å². The van der Waals surface area contributed by atoms with Gasteiger partial charge >= 0.3 is 0 Å². The van der Waals surface area contributed by atoms with E-state index < -0.39 is 0 Å². The number of nitrogens with one attached hydrogen (secondary N) is 2. The van der Waals surface area contributed by atoms with Gasteiger partial charge in [0.15, 0.2) is 0 Å². The minimum absolute atomic E-state index is 0.00592. The zero-order chi connectivity index (χ0) is 14.4. The molecule has 1 aliphatic rings. The highest BCUT2D eigenvalue weighted by molar-refractivity contribution is 5.99. The third-order valence-electron chi connectivity index (χ3n) is 4.03. The second kappa shape index (κ2) is 7.27. The Morgan fingerprint density at radius 2 is 2.20 bits per heavy atom. The molecule has 0 spiro atoms. The molecule has 2 rings (SSSR count). The van der Waals surface area contributed by atoms with E-state index in [9.17, 15) is 4.79 Å². The Morgan fingerprint density at radius 3 is 3.00 bits per heavy atom. The smallest absolute Gasteiger partial charge is 0.255 e. The Balaban J connectivity index is 2.00. The van der Waals surface area contributed by atoms with E-state index in [1.54, 1.807) is 12.4 Å². The Hall–Kier alpha value is -1.58. The second-order valence-electron chi connectivity index (χ2n) is 5.74. The molecule has 0 aliphatic heterocycles. The third-order valence-corrected chi connectivity index (χ3v) is 4.03. The van der Waals surface area contributed by atoms with Crippen LogP contribution in [0.15, 0.2) is 18.5 Å². The average Bonchev–Trinajstić information content (AvgIpc) is 2.65. The van der Waals surface area contributed by atoms with Gasteiger partial charge in [-0.15, -0.1) is 0 Å². The summed E-state index contributed by atoms with van der Waals surface area (Å²) in [7, 11) is 0. The van der Waals surface area contributed by atoms with Crippen LogP contribution in [-0.2, 0) is 0 Å². The molecule has 0 aromatic carbocycles. The maximum atomic E-state index is 12.4. The van der Waals surface area contributed by atoms with Crippen molar-refractivity contribution in [3.05, 3.63) is 24.0 Å². The third kappa shape index (κ3) is 3.95. The Morgan fingerprint density at radius 1 is 1.35 bits per heavy atom. The monoisotopic (exact) mass is 275 g/mol. The van der Waals surface area contributed by atoms with Crippen LogP contribution in [0.25, 0.3) is 0 Å². The summed E-state index contributed by atoms with van der Waals surface area (Å²) in [5.74, 6) is 0.779. The number of carbonyl (C=O) groups is 1. The SMILES string of the molecule is CCNc1ccncc1C(=O)NC1CCCC(C)CC1. The zero-order valence-electron chi connectivity index (χ0n) is 12.5. The molecule has 1 saturated carbocycles. The van der Waals surface area contributed by atoms with Crippen LogP contribution in [0.5, 0.6) is 0 Å². The number of anilines is 1. The summed E-state index contributed by atoms with van der Waals surface area (Å²) in [5.41, 5.74) is 1.51. The van der Waals surface area contributed by atoms with Gasteiger partial charge in [-0.05, 0) is 38.2 Å². The summed E-state index contributed by atoms with van der Waals surface area (Å²) in [6.45, 7) is 5.12. The molecule has 2 N–H and O–H groups in total. The molecular formula is C16H25N3O. The van der Waals surface area contributed by atoms with Gasteiger partial charge in [0.2, 0.25) is 0 Å². The van der Waals surface area contributed by atoms with Crippen LogP contribution < -0.4 is 10.6 Å². The number of nitrogens with zero attached hydrogens (tertiary/aromatic N) is 1. The van der Waals surface area contributed by atoms with Gasteiger partial charge in [0.05, 0.1) is 11.3 Å². The lowest BCUT2D eigenvalue weighted by Crippen LogP contribution is -2.35. The van der Waals surface area contributed by atoms with Crippen LogP contribution >= 0.6 is 0 Å². The number of carbonyl (C=O) groups excluding carboxylic acids is 1. The minimum atomic E-state index is -0.00592. The quantitative estimate of drug-likeness (QED) is 0.830. The molecule has 110 valence electrons. The van der Waals surface area contributed by atoms with Gasteiger partial charge in [0.25, 0.3) is 5.91 Å². The number of hydrogen-bond acceptors (Lipinski definition) is 3. The van der Waals surface area contributed by atoms with E-state index in [-0.39, 0.29) is 5.91 Å². The van der Waals surface area contributed by atoms with Crippen LogP contribution in [0.2, 0.25) is 0 Å². The van der Waals surface area contributed by atoms with Crippen LogP contribution in [0.3, 0.4) is 0 Å². The molecule has 0 saturated heterocycles. The first-order valence-electron chi connectivity index (χ1n) is 7.69. The van der Waals surface area contributed by atoms with E-state index in [4.69, 9.17) is 0 Å². The highest BCUT2D eigenvalue weighted by atomic mass is 16.1. The summed E-state index contributed by atoms with van der Waals surface area (Å²) < 4.78 is 0. The molecule has 1 aromatic rings. The molecule has 1 aliphatic carbocycles. The van der Waals surface area contributed by atoms with Crippen molar-refractivity contribution in [1.29, 1.82) is 0 Å². The molecular weight excluding hydrogens is 250 g/mol. The van der Waals surface area contributed by atoms with Gasteiger partial charge in [-0.3, -0.25) is 9.78 Å². The molecule has 20 heavy (non-hydrogen) atoms. The number of rotatable bonds is 4. The molecule has 4 heteroatoms.